The number of aromatic nitrogens is 1. The maximum Gasteiger partial charge on any atom is 0.0941 e. The van der Waals surface area contributed by atoms with E-state index in [0.717, 1.165) is 19.5 Å². The highest BCUT2D eigenvalue weighted by Gasteiger charge is 2.04. The maximum absolute atomic E-state index is 4.56. The van der Waals surface area contributed by atoms with Crippen LogP contribution in [0, 0.1) is 0 Å². The summed E-state index contributed by atoms with van der Waals surface area (Å²) in [6.45, 7) is 8.58. The molecule has 0 amide bonds. The molecule has 0 saturated heterocycles. The lowest BCUT2D eigenvalue weighted by molar-refractivity contribution is 0.710. The third kappa shape index (κ3) is 3.44. The van der Waals surface area contributed by atoms with E-state index in [0.29, 0.717) is 5.92 Å². The second kappa shape index (κ2) is 5.35. The van der Waals surface area contributed by atoms with Crippen molar-refractivity contribution in [2.24, 2.45) is 0 Å². The molecular weight excluding hydrogens is 180 g/mol. The van der Waals surface area contributed by atoms with Crippen molar-refractivity contribution in [1.82, 2.24) is 10.3 Å². The van der Waals surface area contributed by atoms with Crippen molar-refractivity contribution in [3.05, 3.63) is 16.1 Å². The first-order valence-corrected chi connectivity index (χ1v) is 5.77. The number of thiazole rings is 1. The molecule has 0 aliphatic rings. The Morgan fingerprint density at radius 3 is 2.85 bits per heavy atom. The largest absolute Gasteiger partial charge is 0.317 e. The summed E-state index contributed by atoms with van der Waals surface area (Å²) in [7, 11) is 0. The average Bonchev–Trinajstić information content (AvgIpc) is 2.53. The molecule has 1 aromatic heterocycles. The number of hydrogen-bond acceptors (Lipinski definition) is 3. The number of hydrogen-bond donors (Lipinski definition) is 1. The van der Waals surface area contributed by atoms with Gasteiger partial charge < -0.3 is 5.32 Å². The Balaban J connectivity index is 2.40. The van der Waals surface area contributed by atoms with Crippen molar-refractivity contribution in [2.45, 2.75) is 33.1 Å². The summed E-state index contributed by atoms with van der Waals surface area (Å²) in [6.07, 6.45) is 1.06. The lowest BCUT2D eigenvalue weighted by Gasteiger charge is -1.98. The first-order chi connectivity index (χ1) is 6.24. The van der Waals surface area contributed by atoms with E-state index in [1.165, 1.54) is 10.7 Å². The van der Waals surface area contributed by atoms with Crippen LogP contribution >= 0.6 is 11.3 Å². The second-order valence-electron chi connectivity index (χ2n) is 3.42. The minimum absolute atomic E-state index is 0.559. The van der Waals surface area contributed by atoms with Gasteiger partial charge in [0, 0.05) is 18.3 Å². The number of likely N-dealkylation sites (N-methyl/N-ethyl adjacent to an activating group) is 1. The molecule has 1 N–H and O–H groups in total. The topological polar surface area (TPSA) is 24.9 Å². The first-order valence-electron chi connectivity index (χ1n) is 4.89. The lowest BCUT2D eigenvalue weighted by atomic mass is 10.2. The number of rotatable bonds is 5. The standard InChI is InChI=1S/C10H18N2S/c1-4-11-6-5-10-12-9(7-13-10)8(2)3/h7-8,11H,4-6H2,1-3H3. The Bertz CT molecular complexity index is 243. The Kier molecular flexibility index (Phi) is 4.39. The summed E-state index contributed by atoms with van der Waals surface area (Å²) in [6, 6.07) is 0. The third-order valence-corrected chi connectivity index (χ3v) is 2.85. The van der Waals surface area contributed by atoms with Gasteiger partial charge in [-0.2, -0.15) is 0 Å². The van der Waals surface area contributed by atoms with Crippen LogP contribution < -0.4 is 5.32 Å². The molecule has 0 atom stereocenters. The van der Waals surface area contributed by atoms with E-state index < -0.39 is 0 Å². The van der Waals surface area contributed by atoms with Gasteiger partial charge in [-0.1, -0.05) is 20.8 Å². The normalized spacial score (nSPS) is 11.1. The van der Waals surface area contributed by atoms with Crippen LogP contribution in [0.5, 0.6) is 0 Å². The van der Waals surface area contributed by atoms with E-state index in [9.17, 15) is 0 Å². The van der Waals surface area contributed by atoms with Crippen molar-refractivity contribution in [1.29, 1.82) is 0 Å². The van der Waals surface area contributed by atoms with Crippen LogP contribution in [-0.2, 0) is 6.42 Å². The zero-order valence-corrected chi connectivity index (χ0v) is 9.45. The van der Waals surface area contributed by atoms with Crippen LogP contribution in [-0.4, -0.2) is 18.1 Å². The van der Waals surface area contributed by atoms with Crippen LogP contribution in [0.3, 0.4) is 0 Å². The summed E-state index contributed by atoms with van der Waals surface area (Å²) < 4.78 is 0. The van der Waals surface area contributed by atoms with Gasteiger partial charge in [0.2, 0.25) is 0 Å². The Labute approximate surface area is 84.4 Å². The van der Waals surface area contributed by atoms with Gasteiger partial charge in [-0.25, -0.2) is 4.98 Å². The quantitative estimate of drug-likeness (QED) is 0.735. The Morgan fingerprint density at radius 1 is 1.54 bits per heavy atom. The van der Waals surface area contributed by atoms with Gasteiger partial charge in [0.25, 0.3) is 0 Å². The fourth-order valence-electron chi connectivity index (χ4n) is 1.08. The Morgan fingerprint density at radius 2 is 2.31 bits per heavy atom. The molecule has 74 valence electrons. The third-order valence-electron chi connectivity index (χ3n) is 1.93. The summed E-state index contributed by atoms with van der Waals surface area (Å²) in [5.41, 5.74) is 1.23. The SMILES string of the molecule is CCNCCc1nc(C(C)C)cs1. The van der Waals surface area contributed by atoms with Gasteiger partial charge >= 0.3 is 0 Å². The van der Waals surface area contributed by atoms with Crippen LogP contribution in [0.1, 0.15) is 37.4 Å². The highest BCUT2D eigenvalue weighted by molar-refractivity contribution is 7.09. The molecule has 1 heterocycles. The fourth-order valence-corrected chi connectivity index (χ4v) is 2.04. The molecule has 0 radical (unpaired) electrons. The van der Waals surface area contributed by atoms with Crippen molar-refractivity contribution in [3.63, 3.8) is 0 Å². The molecule has 0 unspecified atom stereocenters. The van der Waals surface area contributed by atoms with Gasteiger partial charge in [-0.05, 0) is 12.5 Å². The molecule has 0 spiro atoms. The minimum Gasteiger partial charge on any atom is -0.317 e. The van der Waals surface area contributed by atoms with Gasteiger partial charge in [0.15, 0.2) is 0 Å². The molecule has 1 aromatic rings. The van der Waals surface area contributed by atoms with Crippen LogP contribution in [0.2, 0.25) is 0 Å². The van der Waals surface area contributed by atoms with E-state index in [-0.39, 0.29) is 0 Å². The molecule has 0 aliphatic heterocycles. The average molecular weight is 198 g/mol. The molecule has 1 rings (SSSR count). The molecule has 3 heteroatoms. The molecule has 13 heavy (non-hydrogen) atoms. The van der Waals surface area contributed by atoms with Crippen LogP contribution in [0.4, 0.5) is 0 Å². The van der Waals surface area contributed by atoms with Crippen molar-refractivity contribution in [2.75, 3.05) is 13.1 Å². The van der Waals surface area contributed by atoms with Gasteiger partial charge in [-0.3, -0.25) is 0 Å². The van der Waals surface area contributed by atoms with Gasteiger partial charge in [0.05, 0.1) is 10.7 Å². The van der Waals surface area contributed by atoms with Crippen molar-refractivity contribution < 1.29 is 0 Å². The lowest BCUT2D eigenvalue weighted by Crippen LogP contribution is -2.15. The summed E-state index contributed by atoms with van der Waals surface area (Å²) in [5.74, 6) is 0.559. The smallest absolute Gasteiger partial charge is 0.0941 e. The van der Waals surface area contributed by atoms with E-state index in [1.54, 1.807) is 11.3 Å². The highest BCUT2D eigenvalue weighted by Crippen LogP contribution is 2.17. The zero-order chi connectivity index (χ0) is 9.68. The van der Waals surface area contributed by atoms with Gasteiger partial charge in [-0.15, -0.1) is 11.3 Å². The maximum atomic E-state index is 4.56. The predicted octanol–water partition coefficient (Wildman–Crippen LogP) is 2.42. The second-order valence-corrected chi connectivity index (χ2v) is 4.37. The minimum atomic E-state index is 0.559. The van der Waals surface area contributed by atoms with E-state index in [4.69, 9.17) is 0 Å². The van der Waals surface area contributed by atoms with Crippen molar-refractivity contribution >= 4 is 11.3 Å². The summed E-state index contributed by atoms with van der Waals surface area (Å²) in [5, 5.41) is 6.73. The molecular formula is C10H18N2S. The van der Waals surface area contributed by atoms with Gasteiger partial charge in [0.1, 0.15) is 0 Å². The molecule has 2 nitrogen and oxygen atoms in total. The molecule has 0 aliphatic carbocycles. The monoisotopic (exact) mass is 198 g/mol. The van der Waals surface area contributed by atoms with Crippen LogP contribution in [0.15, 0.2) is 5.38 Å². The summed E-state index contributed by atoms with van der Waals surface area (Å²) >= 11 is 1.78. The molecule has 0 fully saturated rings. The van der Waals surface area contributed by atoms with E-state index in [1.807, 2.05) is 0 Å². The highest BCUT2D eigenvalue weighted by atomic mass is 32.1. The molecule has 0 bridgehead atoms. The fraction of sp³-hybridized carbons (Fsp3) is 0.700. The Hall–Kier alpha value is -0.410. The molecule has 0 saturated carbocycles. The summed E-state index contributed by atoms with van der Waals surface area (Å²) in [4.78, 5) is 4.56. The molecule has 0 aromatic carbocycles. The first kappa shape index (κ1) is 10.7. The predicted molar refractivity (Wildman–Crippen MR) is 58.5 cm³/mol. The van der Waals surface area contributed by atoms with E-state index in [2.05, 4.69) is 36.5 Å². The van der Waals surface area contributed by atoms with Crippen molar-refractivity contribution in [3.8, 4) is 0 Å². The van der Waals surface area contributed by atoms with E-state index >= 15 is 0 Å². The van der Waals surface area contributed by atoms with Crippen LogP contribution in [0.25, 0.3) is 0 Å². The zero-order valence-electron chi connectivity index (χ0n) is 8.63. The number of nitrogens with zero attached hydrogens (tertiary/aromatic N) is 1. The number of nitrogens with one attached hydrogen (secondary N) is 1.